The van der Waals surface area contributed by atoms with Crippen molar-refractivity contribution in [2.24, 2.45) is 0 Å². The van der Waals surface area contributed by atoms with E-state index in [0.29, 0.717) is 16.9 Å². The second-order valence-corrected chi connectivity index (χ2v) is 7.79. The molecule has 0 saturated carbocycles. The summed E-state index contributed by atoms with van der Waals surface area (Å²) in [5.41, 5.74) is 12.1. The van der Waals surface area contributed by atoms with Crippen LogP contribution >= 0.6 is 0 Å². The van der Waals surface area contributed by atoms with Crippen molar-refractivity contribution in [2.75, 3.05) is 42.1 Å². The minimum absolute atomic E-state index is 0.182. The summed E-state index contributed by atoms with van der Waals surface area (Å²) in [7, 11) is 0. The van der Waals surface area contributed by atoms with Gasteiger partial charge in [0.15, 0.2) is 0 Å². The number of nitrogens with one attached hydrogen (secondary N) is 3. The number of nitrogens with zero attached hydrogens (tertiary/aromatic N) is 1. The van der Waals surface area contributed by atoms with Gasteiger partial charge in [0.1, 0.15) is 0 Å². The largest absolute Gasteiger partial charge is 0.397 e. The van der Waals surface area contributed by atoms with Crippen molar-refractivity contribution in [1.29, 1.82) is 0 Å². The molecule has 1 aliphatic rings. The zero-order chi connectivity index (χ0) is 21.2. The lowest BCUT2D eigenvalue weighted by atomic mass is 10.0. The second kappa shape index (κ2) is 8.16. The van der Waals surface area contributed by atoms with Crippen LogP contribution in [-0.4, -0.2) is 37.1 Å². The number of rotatable bonds is 4. The fraction of sp³-hybridized carbons (Fsp3) is 0.160. The first-order valence-electron chi connectivity index (χ1n) is 10.5. The predicted molar refractivity (Wildman–Crippen MR) is 128 cm³/mol. The third-order valence-electron chi connectivity index (χ3n) is 5.80. The number of hydrogen-bond donors (Lipinski definition) is 4. The van der Waals surface area contributed by atoms with Crippen LogP contribution in [0.2, 0.25) is 0 Å². The van der Waals surface area contributed by atoms with E-state index in [1.165, 1.54) is 5.69 Å². The molecule has 1 saturated heterocycles. The number of benzene rings is 3. The topological polar surface area (TPSA) is 86.2 Å². The monoisotopic (exact) mass is 411 g/mol. The lowest BCUT2D eigenvalue weighted by Gasteiger charge is -2.29. The van der Waals surface area contributed by atoms with Crippen LogP contribution in [0.1, 0.15) is 10.4 Å². The van der Waals surface area contributed by atoms with E-state index in [9.17, 15) is 4.79 Å². The highest BCUT2D eigenvalue weighted by Gasteiger charge is 2.16. The molecule has 3 aromatic carbocycles. The van der Waals surface area contributed by atoms with Gasteiger partial charge >= 0.3 is 0 Å². The third-order valence-corrected chi connectivity index (χ3v) is 5.80. The first kappa shape index (κ1) is 19.2. The van der Waals surface area contributed by atoms with E-state index in [2.05, 4.69) is 32.7 Å². The second-order valence-electron chi connectivity index (χ2n) is 7.79. The van der Waals surface area contributed by atoms with E-state index in [-0.39, 0.29) is 5.91 Å². The molecule has 4 aromatic rings. The number of aromatic nitrogens is 1. The Balaban J connectivity index is 1.40. The van der Waals surface area contributed by atoms with Gasteiger partial charge in [-0.15, -0.1) is 0 Å². The number of H-pyrrole nitrogens is 1. The zero-order valence-corrected chi connectivity index (χ0v) is 17.2. The molecular formula is C25H25N5O. The third kappa shape index (κ3) is 3.85. The average molecular weight is 412 g/mol. The van der Waals surface area contributed by atoms with Crippen molar-refractivity contribution < 1.29 is 4.79 Å². The molecule has 6 heteroatoms. The van der Waals surface area contributed by atoms with Gasteiger partial charge in [-0.3, -0.25) is 4.79 Å². The van der Waals surface area contributed by atoms with Crippen LogP contribution in [0, 0.1) is 0 Å². The fourth-order valence-corrected chi connectivity index (χ4v) is 4.09. The van der Waals surface area contributed by atoms with Gasteiger partial charge in [0.05, 0.1) is 16.9 Å². The molecule has 0 radical (unpaired) electrons. The molecule has 1 fully saturated rings. The van der Waals surface area contributed by atoms with Gasteiger partial charge in [-0.05, 0) is 41.5 Å². The van der Waals surface area contributed by atoms with Crippen LogP contribution in [0.4, 0.5) is 17.1 Å². The summed E-state index contributed by atoms with van der Waals surface area (Å²) in [6.45, 7) is 3.94. The number of hydrogen-bond acceptors (Lipinski definition) is 4. The highest BCUT2D eigenvalue weighted by Crippen LogP contribution is 2.29. The van der Waals surface area contributed by atoms with E-state index in [1.54, 1.807) is 6.20 Å². The Kier molecular flexibility index (Phi) is 5.06. The fourth-order valence-electron chi connectivity index (χ4n) is 4.09. The van der Waals surface area contributed by atoms with Crippen molar-refractivity contribution >= 4 is 33.9 Å². The summed E-state index contributed by atoms with van der Waals surface area (Å²) in [5, 5.41) is 7.26. The molecule has 1 amide bonds. The summed E-state index contributed by atoms with van der Waals surface area (Å²) in [6.07, 6.45) is 1.76. The number of nitrogen functional groups attached to an aromatic ring is 1. The average Bonchev–Trinajstić information content (AvgIpc) is 3.25. The van der Waals surface area contributed by atoms with Crippen LogP contribution in [0.25, 0.3) is 22.0 Å². The molecular weight excluding hydrogens is 386 g/mol. The van der Waals surface area contributed by atoms with E-state index in [1.807, 2.05) is 54.6 Å². The number of nitrogens with two attached hydrogens (primary N) is 1. The number of aromatic amines is 1. The number of carbonyl (C=O) groups is 1. The van der Waals surface area contributed by atoms with Crippen molar-refractivity contribution in [2.45, 2.75) is 0 Å². The lowest BCUT2D eigenvalue weighted by molar-refractivity contribution is 0.102. The molecule has 2 heterocycles. The Labute approximate surface area is 181 Å². The van der Waals surface area contributed by atoms with Crippen LogP contribution in [0.5, 0.6) is 0 Å². The maximum Gasteiger partial charge on any atom is 0.257 e. The minimum atomic E-state index is -0.182. The molecule has 6 nitrogen and oxygen atoms in total. The van der Waals surface area contributed by atoms with Crippen LogP contribution in [0.3, 0.4) is 0 Å². The molecule has 31 heavy (non-hydrogen) atoms. The first-order valence-corrected chi connectivity index (χ1v) is 10.5. The number of piperazine rings is 1. The van der Waals surface area contributed by atoms with Gasteiger partial charge in [0.2, 0.25) is 0 Å². The number of anilines is 3. The quantitative estimate of drug-likeness (QED) is 0.381. The Hall–Kier alpha value is -3.77. The van der Waals surface area contributed by atoms with Gasteiger partial charge in [0, 0.05) is 49.0 Å². The first-order chi connectivity index (χ1) is 15.2. The standard InChI is InChI=1S/C25H25N5O/c26-22-9-6-18(17-4-2-1-3-5-17)14-24(22)29-25(31)21-16-28-23-15-19(7-8-20(21)23)30-12-10-27-11-13-30/h1-9,14-16,27-28H,10-13,26H2,(H,29,31). The molecule has 1 aliphatic heterocycles. The maximum absolute atomic E-state index is 13.1. The van der Waals surface area contributed by atoms with Crippen molar-refractivity contribution in [3.05, 3.63) is 78.5 Å². The molecule has 0 atom stereocenters. The lowest BCUT2D eigenvalue weighted by Crippen LogP contribution is -2.43. The molecule has 0 unspecified atom stereocenters. The highest BCUT2D eigenvalue weighted by atomic mass is 16.1. The number of fused-ring (bicyclic) bond motifs is 1. The van der Waals surface area contributed by atoms with Crippen LogP contribution in [-0.2, 0) is 0 Å². The molecule has 156 valence electrons. The van der Waals surface area contributed by atoms with Gasteiger partial charge < -0.3 is 26.3 Å². The Morgan fingerprint density at radius 3 is 2.55 bits per heavy atom. The van der Waals surface area contributed by atoms with E-state index >= 15 is 0 Å². The zero-order valence-electron chi connectivity index (χ0n) is 17.2. The predicted octanol–water partition coefficient (Wildman–Crippen LogP) is 4.08. The van der Waals surface area contributed by atoms with Crippen molar-refractivity contribution in [1.82, 2.24) is 10.3 Å². The van der Waals surface area contributed by atoms with E-state index in [4.69, 9.17) is 5.73 Å². The summed E-state index contributed by atoms with van der Waals surface area (Å²) >= 11 is 0. The summed E-state index contributed by atoms with van der Waals surface area (Å²) in [4.78, 5) is 18.7. The van der Waals surface area contributed by atoms with Gasteiger partial charge in [-0.1, -0.05) is 36.4 Å². The smallest absolute Gasteiger partial charge is 0.257 e. The summed E-state index contributed by atoms with van der Waals surface area (Å²) in [6, 6.07) is 21.9. The molecule has 5 rings (SSSR count). The highest BCUT2D eigenvalue weighted by molar-refractivity contribution is 6.14. The van der Waals surface area contributed by atoms with E-state index in [0.717, 1.165) is 48.2 Å². The van der Waals surface area contributed by atoms with Gasteiger partial charge in [-0.25, -0.2) is 0 Å². The molecule has 0 spiro atoms. The number of carbonyl (C=O) groups excluding carboxylic acids is 1. The number of amides is 1. The summed E-state index contributed by atoms with van der Waals surface area (Å²) < 4.78 is 0. The van der Waals surface area contributed by atoms with Crippen molar-refractivity contribution in [3.63, 3.8) is 0 Å². The molecule has 1 aromatic heterocycles. The van der Waals surface area contributed by atoms with Crippen LogP contribution in [0.15, 0.2) is 72.9 Å². The van der Waals surface area contributed by atoms with Gasteiger partial charge in [-0.2, -0.15) is 0 Å². The van der Waals surface area contributed by atoms with Crippen LogP contribution < -0.4 is 21.3 Å². The van der Waals surface area contributed by atoms with E-state index < -0.39 is 0 Å². The summed E-state index contributed by atoms with van der Waals surface area (Å²) in [5.74, 6) is -0.182. The Bertz CT molecular complexity index is 1230. The SMILES string of the molecule is Nc1ccc(-c2ccccc2)cc1NC(=O)c1c[nH]c2cc(N3CCNCC3)ccc12. The Morgan fingerprint density at radius 1 is 0.935 bits per heavy atom. The maximum atomic E-state index is 13.1. The Morgan fingerprint density at radius 2 is 1.74 bits per heavy atom. The normalized spacial score (nSPS) is 14.0. The molecule has 5 N–H and O–H groups in total. The van der Waals surface area contributed by atoms with Gasteiger partial charge in [0.25, 0.3) is 5.91 Å². The minimum Gasteiger partial charge on any atom is -0.397 e. The molecule has 0 aliphatic carbocycles. The molecule has 0 bridgehead atoms. The van der Waals surface area contributed by atoms with Crippen molar-refractivity contribution in [3.8, 4) is 11.1 Å².